The van der Waals surface area contributed by atoms with Crippen LogP contribution >= 0.6 is 0 Å². The van der Waals surface area contributed by atoms with Crippen LogP contribution in [0.15, 0.2) is 40.8 Å². The molecule has 2 fully saturated rings. The maximum Gasteiger partial charge on any atom is 0.135 e. The molecule has 2 bridgehead atoms. The number of rotatable bonds is 1. The van der Waals surface area contributed by atoms with Gasteiger partial charge in [0.15, 0.2) is 0 Å². The molecule has 23 heavy (non-hydrogen) atoms. The van der Waals surface area contributed by atoms with Crippen LogP contribution in [0.25, 0.3) is 21.9 Å². The van der Waals surface area contributed by atoms with Crippen LogP contribution in [0.4, 0.5) is 0 Å². The number of piperidine rings is 1. The van der Waals surface area contributed by atoms with E-state index in [4.69, 9.17) is 4.42 Å². The molecule has 3 heterocycles. The van der Waals surface area contributed by atoms with Crippen LogP contribution in [-0.4, -0.2) is 24.0 Å². The van der Waals surface area contributed by atoms with E-state index in [1.54, 1.807) is 0 Å². The van der Waals surface area contributed by atoms with Gasteiger partial charge in [0.05, 0.1) is 0 Å². The predicted octanol–water partition coefficient (Wildman–Crippen LogP) is 5.09. The first-order chi connectivity index (χ1) is 11.1. The second-order valence-corrected chi connectivity index (χ2v) is 7.90. The highest BCUT2D eigenvalue weighted by Crippen LogP contribution is 2.54. The summed E-state index contributed by atoms with van der Waals surface area (Å²) in [6.07, 6.45) is 1.33. The van der Waals surface area contributed by atoms with Crippen molar-refractivity contribution in [1.82, 2.24) is 4.90 Å². The number of hydrogen-bond acceptors (Lipinski definition) is 2. The molecule has 0 aliphatic carbocycles. The summed E-state index contributed by atoms with van der Waals surface area (Å²) in [5, 5.41) is 2.51. The van der Waals surface area contributed by atoms with E-state index in [-0.39, 0.29) is 0 Å². The lowest BCUT2D eigenvalue weighted by Crippen LogP contribution is -2.35. The Bertz CT molecular complexity index is 924. The van der Waals surface area contributed by atoms with E-state index in [1.165, 1.54) is 41.4 Å². The van der Waals surface area contributed by atoms with Crippen molar-refractivity contribution in [2.24, 2.45) is 5.41 Å². The average molecular weight is 305 g/mol. The molecule has 0 saturated carbocycles. The SMILES string of the molecule is Cc1cc2oc3ccccc3c2cc1C1[C@@H](C)N2CCC1(C)C2. The van der Waals surface area contributed by atoms with Gasteiger partial charge in [-0.1, -0.05) is 25.1 Å². The molecule has 0 radical (unpaired) electrons. The first-order valence-corrected chi connectivity index (χ1v) is 8.73. The minimum absolute atomic E-state index is 0.428. The minimum atomic E-state index is 0.428. The highest BCUT2D eigenvalue weighted by Gasteiger charge is 2.52. The summed E-state index contributed by atoms with van der Waals surface area (Å²) in [5.41, 5.74) is 5.35. The second-order valence-electron chi connectivity index (χ2n) is 7.90. The molecule has 118 valence electrons. The van der Waals surface area contributed by atoms with Gasteiger partial charge < -0.3 is 4.42 Å². The van der Waals surface area contributed by atoms with Gasteiger partial charge in [-0.3, -0.25) is 4.90 Å². The van der Waals surface area contributed by atoms with Gasteiger partial charge in [0.25, 0.3) is 0 Å². The van der Waals surface area contributed by atoms with Crippen LogP contribution < -0.4 is 0 Å². The maximum absolute atomic E-state index is 6.05. The standard InChI is InChI=1S/C21H23NO/c1-13-10-19-17(15-6-4-5-7-18(15)23-19)11-16(13)20-14(2)22-9-8-21(20,3)12-22/h4-7,10-11,14,20H,8-9,12H2,1-3H3/t14-,20?,21?/m1/s1. The van der Waals surface area contributed by atoms with Crippen molar-refractivity contribution in [2.75, 3.05) is 13.1 Å². The number of nitrogens with zero attached hydrogens (tertiary/aromatic N) is 1. The zero-order chi connectivity index (χ0) is 15.8. The second kappa shape index (κ2) is 4.39. The fourth-order valence-electron chi connectivity index (χ4n) is 5.28. The minimum Gasteiger partial charge on any atom is -0.456 e. The zero-order valence-electron chi connectivity index (χ0n) is 14.1. The highest BCUT2D eigenvalue weighted by molar-refractivity contribution is 6.05. The molecule has 2 aliphatic rings. The summed E-state index contributed by atoms with van der Waals surface area (Å²) in [4.78, 5) is 2.67. The molecular weight excluding hydrogens is 282 g/mol. The van der Waals surface area contributed by atoms with Gasteiger partial charge in [0.2, 0.25) is 0 Å². The summed E-state index contributed by atoms with van der Waals surface area (Å²) in [7, 11) is 0. The maximum atomic E-state index is 6.05. The molecule has 0 amide bonds. The smallest absolute Gasteiger partial charge is 0.135 e. The molecule has 3 unspecified atom stereocenters. The van der Waals surface area contributed by atoms with E-state index in [1.807, 2.05) is 6.07 Å². The van der Waals surface area contributed by atoms with Gasteiger partial charge in [-0.15, -0.1) is 0 Å². The van der Waals surface area contributed by atoms with Gasteiger partial charge in [-0.25, -0.2) is 0 Å². The average Bonchev–Trinajstić information content (AvgIpc) is 3.15. The van der Waals surface area contributed by atoms with Crippen LogP contribution in [0.1, 0.15) is 37.3 Å². The van der Waals surface area contributed by atoms with Crippen LogP contribution in [0.5, 0.6) is 0 Å². The topological polar surface area (TPSA) is 16.4 Å². The number of benzene rings is 2. The molecule has 2 aliphatic heterocycles. The Kier molecular flexibility index (Phi) is 2.60. The van der Waals surface area contributed by atoms with Crippen LogP contribution in [0.2, 0.25) is 0 Å². The molecule has 2 aromatic carbocycles. The van der Waals surface area contributed by atoms with E-state index < -0.39 is 0 Å². The first-order valence-electron chi connectivity index (χ1n) is 8.73. The summed E-state index contributed by atoms with van der Waals surface area (Å²) in [6.45, 7) is 9.66. The third kappa shape index (κ3) is 1.73. The third-order valence-corrected chi connectivity index (χ3v) is 6.44. The van der Waals surface area contributed by atoms with E-state index >= 15 is 0 Å². The van der Waals surface area contributed by atoms with Crippen molar-refractivity contribution in [3.05, 3.63) is 47.5 Å². The molecule has 2 saturated heterocycles. The number of furan rings is 1. The van der Waals surface area contributed by atoms with Crippen LogP contribution in [0, 0.1) is 12.3 Å². The fraction of sp³-hybridized carbons (Fsp3) is 0.429. The van der Waals surface area contributed by atoms with E-state index in [0.717, 1.165) is 11.2 Å². The Morgan fingerprint density at radius 1 is 1.13 bits per heavy atom. The van der Waals surface area contributed by atoms with Gasteiger partial charge in [-0.05, 0) is 61.6 Å². The quantitative estimate of drug-likeness (QED) is 0.622. The van der Waals surface area contributed by atoms with E-state index in [2.05, 4.69) is 56.0 Å². The van der Waals surface area contributed by atoms with Crippen molar-refractivity contribution in [3.63, 3.8) is 0 Å². The molecular formula is C21H23NO. The molecule has 2 heteroatoms. The number of aryl methyl sites for hydroxylation is 1. The van der Waals surface area contributed by atoms with Crippen molar-refractivity contribution in [3.8, 4) is 0 Å². The summed E-state index contributed by atoms with van der Waals surface area (Å²) in [6, 6.07) is 13.7. The Labute approximate surface area is 137 Å². The summed E-state index contributed by atoms with van der Waals surface area (Å²) in [5.74, 6) is 0.634. The first kappa shape index (κ1) is 13.6. The highest BCUT2D eigenvalue weighted by atomic mass is 16.3. The van der Waals surface area contributed by atoms with Crippen molar-refractivity contribution < 1.29 is 4.42 Å². The van der Waals surface area contributed by atoms with Crippen molar-refractivity contribution in [1.29, 1.82) is 0 Å². The largest absolute Gasteiger partial charge is 0.456 e. The Hall–Kier alpha value is -1.80. The van der Waals surface area contributed by atoms with Crippen LogP contribution in [-0.2, 0) is 0 Å². The molecule has 4 atom stereocenters. The Balaban J connectivity index is 1.75. The zero-order valence-corrected chi connectivity index (χ0v) is 14.1. The molecule has 0 N–H and O–H groups in total. The third-order valence-electron chi connectivity index (χ3n) is 6.44. The molecule has 5 rings (SSSR count). The van der Waals surface area contributed by atoms with Gasteiger partial charge in [-0.2, -0.15) is 0 Å². The number of fused-ring (bicyclic) bond motifs is 5. The Morgan fingerprint density at radius 2 is 1.96 bits per heavy atom. The van der Waals surface area contributed by atoms with Crippen molar-refractivity contribution in [2.45, 2.75) is 39.2 Å². The van der Waals surface area contributed by atoms with Gasteiger partial charge >= 0.3 is 0 Å². The number of hydrogen-bond donors (Lipinski definition) is 0. The van der Waals surface area contributed by atoms with Gasteiger partial charge in [0, 0.05) is 29.3 Å². The fourth-order valence-corrected chi connectivity index (χ4v) is 5.28. The van der Waals surface area contributed by atoms with Crippen molar-refractivity contribution >= 4 is 21.9 Å². The summed E-state index contributed by atoms with van der Waals surface area (Å²) >= 11 is 0. The molecule has 1 aromatic heterocycles. The van der Waals surface area contributed by atoms with Crippen LogP contribution in [0.3, 0.4) is 0 Å². The van der Waals surface area contributed by atoms with Gasteiger partial charge in [0.1, 0.15) is 11.2 Å². The molecule has 0 spiro atoms. The lowest BCUT2D eigenvalue weighted by molar-refractivity contribution is 0.227. The van der Waals surface area contributed by atoms with E-state index in [0.29, 0.717) is 17.4 Å². The Morgan fingerprint density at radius 3 is 2.74 bits per heavy atom. The molecule has 3 aromatic rings. The van der Waals surface area contributed by atoms with E-state index in [9.17, 15) is 0 Å². The monoisotopic (exact) mass is 305 g/mol. The normalized spacial score (nSPS) is 33.1. The lowest BCUT2D eigenvalue weighted by atomic mass is 9.70. The molecule has 2 nitrogen and oxygen atoms in total. The lowest BCUT2D eigenvalue weighted by Gasteiger charge is -2.36. The summed E-state index contributed by atoms with van der Waals surface area (Å²) < 4.78 is 6.05. The predicted molar refractivity (Wildman–Crippen MR) is 95.0 cm³/mol. The number of para-hydroxylation sites is 1.